The topological polar surface area (TPSA) is 98.7 Å². The molecular weight excluding hydrogens is 378 g/mol. The molecule has 3 heterocycles. The number of sulfone groups is 1. The fourth-order valence-corrected chi connectivity index (χ4v) is 4.55. The van der Waals surface area contributed by atoms with Crippen LogP contribution in [0, 0.1) is 0 Å². The molecule has 1 atom stereocenters. The molecule has 10 heteroatoms. The zero-order valence-electron chi connectivity index (χ0n) is 13.6. The molecule has 26 heavy (non-hydrogen) atoms. The summed E-state index contributed by atoms with van der Waals surface area (Å²) in [6.45, 7) is 0.573. The molecule has 8 nitrogen and oxygen atoms in total. The predicted molar refractivity (Wildman–Crippen MR) is 96.1 cm³/mol. The van der Waals surface area contributed by atoms with E-state index < -0.39 is 22.0 Å². The molecule has 2 aromatic rings. The van der Waals surface area contributed by atoms with Gasteiger partial charge < -0.3 is 9.47 Å². The Labute approximate surface area is 154 Å². The lowest BCUT2D eigenvalue weighted by molar-refractivity contribution is 0.103. The normalized spacial score (nSPS) is 21.5. The van der Waals surface area contributed by atoms with Crippen LogP contribution < -0.4 is 9.64 Å². The molecule has 1 amide bonds. The summed E-state index contributed by atoms with van der Waals surface area (Å²) in [6.07, 6.45) is 2.40. The van der Waals surface area contributed by atoms with Crippen molar-refractivity contribution in [1.82, 2.24) is 8.75 Å². The van der Waals surface area contributed by atoms with Gasteiger partial charge in [0, 0.05) is 5.69 Å². The van der Waals surface area contributed by atoms with Gasteiger partial charge in [0.25, 0.3) is 0 Å². The number of benzene rings is 1. The van der Waals surface area contributed by atoms with Crippen molar-refractivity contribution < 1.29 is 22.7 Å². The summed E-state index contributed by atoms with van der Waals surface area (Å²) in [5.74, 6) is 0.551. The van der Waals surface area contributed by atoms with Crippen molar-refractivity contribution in [2.75, 3.05) is 29.6 Å². The molecule has 2 aliphatic rings. The van der Waals surface area contributed by atoms with E-state index in [-0.39, 0.29) is 18.1 Å². The van der Waals surface area contributed by atoms with Crippen LogP contribution in [0.1, 0.15) is 5.56 Å². The van der Waals surface area contributed by atoms with Crippen LogP contribution in [0.15, 0.2) is 36.5 Å². The van der Waals surface area contributed by atoms with Gasteiger partial charge >= 0.3 is 6.09 Å². The van der Waals surface area contributed by atoms with Gasteiger partial charge in [0.05, 0.1) is 29.8 Å². The molecule has 0 aliphatic carbocycles. The highest BCUT2D eigenvalue weighted by Gasteiger charge is 2.33. The van der Waals surface area contributed by atoms with Crippen molar-refractivity contribution in [3.8, 4) is 5.88 Å². The lowest BCUT2D eigenvalue weighted by Gasteiger charge is -2.13. The van der Waals surface area contributed by atoms with E-state index in [9.17, 15) is 13.2 Å². The second kappa shape index (κ2) is 6.69. The first kappa shape index (κ1) is 17.0. The zero-order valence-corrected chi connectivity index (χ0v) is 15.2. The third-order valence-electron chi connectivity index (χ3n) is 4.14. The molecule has 0 bridgehead atoms. The van der Waals surface area contributed by atoms with E-state index >= 15 is 0 Å². The Morgan fingerprint density at radius 3 is 2.77 bits per heavy atom. The Kier molecular flexibility index (Phi) is 4.37. The van der Waals surface area contributed by atoms with Crippen LogP contribution in [0.4, 0.5) is 10.5 Å². The second-order valence-corrected chi connectivity index (χ2v) is 8.67. The lowest BCUT2D eigenvalue weighted by Crippen LogP contribution is -2.26. The quantitative estimate of drug-likeness (QED) is 0.763. The molecule has 0 N–H and O–H groups in total. The zero-order chi connectivity index (χ0) is 18.1. The molecule has 2 aliphatic heterocycles. The van der Waals surface area contributed by atoms with Crippen LogP contribution in [-0.4, -0.2) is 54.0 Å². The molecule has 0 radical (unpaired) electrons. The molecule has 1 fully saturated rings. The van der Waals surface area contributed by atoms with Crippen LogP contribution in [0.5, 0.6) is 5.88 Å². The van der Waals surface area contributed by atoms with Crippen LogP contribution in [-0.2, 0) is 14.6 Å². The number of anilines is 1. The summed E-state index contributed by atoms with van der Waals surface area (Å²) < 4.78 is 41.7. The summed E-state index contributed by atoms with van der Waals surface area (Å²) in [6, 6.07) is 7.21. The Balaban J connectivity index is 1.40. The highest BCUT2D eigenvalue weighted by molar-refractivity contribution is 7.92. The van der Waals surface area contributed by atoms with Crippen LogP contribution in [0.2, 0.25) is 0 Å². The Morgan fingerprint density at radius 2 is 2.12 bits per heavy atom. The van der Waals surface area contributed by atoms with Crippen molar-refractivity contribution in [3.63, 3.8) is 0 Å². The summed E-state index contributed by atoms with van der Waals surface area (Å²) in [7, 11) is -3.01. The average molecular weight is 393 g/mol. The lowest BCUT2D eigenvalue weighted by atomic mass is 10.1. The van der Waals surface area contributed by atoms with Crippen molar-refractivity contribution in [2.45, 2.75) is 6.10 Å². The fourth-order valence-electron chi connectivity index (χ4n) is 2.86. The molecule has 1 aromatic heterocycles. The number of amides is 1. The van der Waals surface area contributed by atoms with Gasteiger partial charge in [0.1, 0.15) is 12.8 Å². The van der Waals surface area contributed by atoms with Crippen molar-refractivity contribution in [2.24, 2.45) is 0 Å². The molecule has 4 rings (SSSR count). The summed E-state index contributed by atoms with van der Waals surface area (Å²) in [5.41, 5.74) is 2.33. The number of carbonyl (C=O) groups is 1. The number of rotatable bonds is 5. The maximum atomic E-state index is 12.1. The van der Waals surface area contributed by atoms with Crippen LogP contribution >= 0.6 is 11.7 Å². The van der Waals surface area contributed by atoms with Crippen molar-refractivity contribution >= 4 is 38.9 Å². The van der Waals surface area contributed by atoms with E-state index in [1.54, 1.807) is 18.2 Å². The van der Waals surface area contributed by atoms with Gasteiger partial charge in [-0.05, 0) is 23.3 Å². The maximum absolute atomic E-state index is 12.1. The smallest absolute Gasteiger partial charge is 0.414 e. The highest BCUT2D eigenvalue weighted by atomic mass is 32.2. The largest absolute Gasteiger partial charge is 0.472 e. The van der Waals surface area contributed by atoms with E-state index in [1.807, 2.05) is 12.1 Å². The first-order valence-electron chi connectivity index (χ1n) is 7.88. The molecule has 0 unspecified atom stereocenters. The Morgan fingerprint density at radius 1 is 1.31 bits per heavy atom. The molecule has 1 saturated heterocycles. The number of ether oxygens (including phenoxy) is 2. The summed E-state index contributed by atoms with van der Waals surface area (Å²) in [5, 5.41) is 0. The van der Waals surface area contributed by atoms with Gasteiger partial charge in [-0.25, -0.2) is 13.2 Å². The third-order valence-corrected chi connectivity index (χ3v) is 6.03. The van der Waals surface area contributed by atoms with Gasteiger partial charge in [0.15, 0.2) is 15.9 Å². The van der Waals surface area contributed by atoms with Gasteiger partial charge in [-0.15, -0.1) is 4.37 Å². The standard InChI is InChI=1S/C16H15N3O5S2/c20-16-19(8-14(24-16)9-23-15-7-17-25-18-15)13-3-1-11(2-4-13)12-5-6-26(21,22)10-12/h1-5,7,14H,6,8-10H2/t14-/m1/s1. The number of hydrogen-bond donors (Lipinski definition) is 0. The Hall–Kier alpha value is -2.46. The number of nitrogens with zero attached hydrogens (tertiary/aromatic N) is 3. The molecular formula is C16H15N3O5S2. The molecule has 0 spiro atoms. The van der Waals surface area contributed by atoms with E-state index in [2.05, 4.69) is 8.75 Å². The minimum atomic E-state index is -3.01. The predicted octanol–water partition coefficient (Wildman–Crippen LogP) is 1.75. The second-order valence-electron chi connectivity index (χ2n) is 6.00. The van der Waals surface area contributed by atoms with Crippen molar-refractivity contribution in [3.05, 3.63) is 42.1 Å². The monoisotopic (exact) mass is 393 g/mol. The van der Waals surface area contributed by atoms with Gasteiger partial charge in [-0.2, -0.15) is 4.37 Å². The van der Waals surface area contributed by atoms with Crippen molar-refractivity contribution in [1.29, 1.82) is 0 Å². The number of aromatic nitrogens is 2. The molecule has 0 saturated carbocycles. The minimum absolute atomic E-state index is 0.0585. The Bertz CT molecular complexity index is 939. The number of hydrogen-bond acceptors (Lipinski definition) is 8. The number of cyclic esters (lactones) is 1. The van der Waals surface area contributed by atoms with Gasteiger partial charge in [-0.1, -0.05) is 18.2 Å². The van der Waals surface area contributed by atoms with Crippen LogP contribution in [0.25, 0.3) is 5.57 Å². The summed E-state index contributed by atoms with van der Waals surface area (Å²) in [4.78, 5) is 13.6. The molecule has 136 valence electrons. The minimum Gasteiger partial charge on any atom is -0.472 e. The average Bonchev–Trinajstić information content (AvgIpc) is 3.33. The fraction of sp³-hybridized carbons (Fsp3) is 0.312. The van der Waals surface area contributed by atoms with E-state index in [1.165, 1.54) is 11.1 Å². The first-order chi connectivity index (χ1) is 12.5. The van der Waals surface area contributed by atoms with Crippen LogP contribution in [0.3, 0.4) is 0 Å². The first-order valence-corrected chi connectivity index (χ1v) is 10.4. The third kappa shape index (κ3) is 3.56. The summed E-state index contributed by atoms with van der Waals surface area (Å²) >= 11 is 1.05. The van der Waals surface area contributed by atoms with E-state index in [4.69, 9.17) is 9.47 Å². The number of carbonyl (C=O) groups excluding carboxylic acids is 1. The van der Waals surface area contributed by atoms with E-state index in [0.29, 0.717) is 18.1 Å². The highest BCUT2D eigenvalue weighted by Crippen LogP contribution is 2.27. The maximum Gasteiger partial charge on any atom is 0.414 e. The molecule has 1 aromatic carbocycles. The SMILES string of the molecule is O=C1O[C@@H](COc2cnsn2)CN1c1ccc(C2=CCS(=O)(=O)C2)cc1. The van der Waals surface area contributed by atoms with E-state index in [0.717, 1.165) is 22.9 Å². The van der Waals surface area contributed by atoms with Gasteiger partial charge in [0.2, 0.25) is 5.88 Å². The van der Waals surface area contributed by atoms with Gasteiger partial charge in [-0.3, -0.25) is 4.90 Å².